The highest BCUT2D eigenvalue weighted by Crippen LogP contribution is 2.24. The first-order chi connectivity index (χ1) is 14.0. The van der Waals surface area contributed by atoms with E-state index in [1.54, 1.807) is 24.2 Å². The van der Waals surface area contributed by atoms with Gasteiger partial charge in [-0.3, -0.25) is 18.9 Å². The number of nitrogens with zero attached hydrogens (tertiary/aromatic N) is 4. The molecule has 0 saturated carbocycles. The van der Waals surface area contributed by atoms with Crippen molar-refractivity contribution in [3.8, 4) is 0 Å². The quantitative estimate of drug-likeness (QED) is 0.741. The highest BCUT2D eigenvalue weighted by atomic mass is 16.2. The average Bonchev–Trinajstić information content (AvgIpc) is 3.34. The van der Waals surface area contributed by atoms with Gasteiger partial charge in [-0.2, -0.15) is 0 Å². The van der Waals surface area contributed by atoms with Gasteiger partial charge in [-0.1, -0.05) is 13.8 Å². The van der Waals surface area contributed by atoms with Crippen LogP contribution in [0.1, 0.15) is 55.6 Å². The number of aryl methyl sites for hydroxylation is 1. The molecule has 3 rings (SSSR count). The van der Waals surface area contributed by atoms with Crippen molar-refractivity contribution in [1.29, 1.82) is 0 Å². The molecule has 1 aliphatic rings. The Morgan fingerprint density at radius 1 is 1.21 bits per heavy atom. The number of carbonyl (C=O) groups is 2. The molecule has 0 atom stereocenters. The van der Waals surface area contributed by atoms with Gasteiger partial charge in [0.25, 0.3) is 5.91 Å². The van der Waals surface area contributed by atoms with Crippen LogP contribution in [0.15, 0.2) is 18.3 Å². The third-order valence-corrected chi connectivity index (χ3v) is 5.92. The summed E-state index contributed by atoms with van der Waals surface area (Å²) >= 11 is 0. The van der Waals surface area contributed by atoms with E-state index in [2.05, 4.69) is 15.2 Å². The molecule has 7 heteroatoms. The van der Waals surface area contributed by atoms with Crippen LogP contribution in [0.4, 0.5) is 5.82 Å². The molecule has 0 radical (unpaired) electrons. The van der Waals surface area contributed by atoms with Gasteiger partial charge < -0.3 is 10.2 Å². The highest BCUT2D eigenvalue weighted by Gasteiger charge is 2.24. The van der Waals surface area contributed by atoms with Crippen molar-refractivity contribution < 1.29 is 9.59 Å². The standard InChI is InChI=1S/C22H33N5O2/c1-5-17(6-2)22(29)25(4)21-16(3)24-19-10-9-18(15-27(19)21)20(28)23-11-14-26-12-7-8-13-26/h9-10,15,17H,5-8,11-14H2,1-4H3,(H,23,28). The van der Waals surface area contributed by atoms with Crippen LogP contribution in [-0.4, -0.2) is 59.3 Å². The lowest BCUT2D eigenvalue weighted by atomic mass is 10.0. The first-order valence-electron chi connectivity index (χ1n) is 10.7. The summed E-state index contributed by atoms with van der Waals surface area (Å²) < 4.78 is 1.85. The molecule has 0 spiro atoms. The second-order valence-electron chi connectivity index (χ2n) is 7.88. The fraction of sp³-hybridized carbons (Fsp3) is 0.591. The maximum Gasteiger partial charge on any atom is 0.252 e. The molecule has 0 bridgehead atoms. The first-order valence-corrected chi connectivity index (χ1v) is 10.7. The molecule has 1 aliphatic heterocycles. The van der Waals surface area contributed by atoms with Crippen LogP contribution in [0.3, 0.4) is 0 Å². The summed E-state index contributed by atoms with van der Waals surface area (Å²) in [6.07, 6.45) is 5.89. The topological polar surface area (TPSA) is 70.0 Å². The molecule has 0 aromatic carbocycles. The summed E-state index contributed by atoms with van der Waals surface area (Å²) in [5.41, 5.74) is 2.08. The number of fused-ring (bicyclic) bond motifs is 1. The molecule has 2 aromatic heterocycles. The Bertz CT molecular complexity index is 865. The number of hydrogen-bond donors (Lipinski definition) is 1. The molecular formula is C22H33N5O2. The van der Waals surface area contributed by atoms with Gasteiger partial charge in [0, 0.05) is 32.3 Å². The summed E-state index contributed by atoms with van der Waals surface area (Å²) in [5, 5.41) is 3.01. The van der Waals surface area contributed by atoms with E-state index in [1.807, 2.05) is 31.2 Å². The Balaban J connectivity index is 1.78. The van der Waals surface area contributed by atoms with Crippen LogP contribution in [0.2, 0.25) is 0 Å². The number of hydrogen-bond acceptors (Lipinski definition) is 4. The Hall–Kier alpha value is -2.41. The maximum atomic E-state index is 12.9. The van der Waals surface area contributed by atoms with Crippen molar-refractivity contribution in [2.45, 2.75) is 46.5 Å². The van der Waals surface area contributed by atoms with Crippen LogP contribution in [-0.2, 0) is 4.79 Å². The Kier molecular flexibility index (Phi) is 6.90. The van der Waals surface area contributed by atoms with E-state index in [9.17, 15) is 9.59 Å². The zero-order chi connectivity index (χ0) is 21.0. The van der Waals surface area contributed by atoms with Gasteiger partial charge in [-0.15, -0.1) is 0 Å². The maximum absolute atomic E-state index is 12.9. The zero-order valence-corrected chi connectivity index (χ0v) is 18.1. The second kappa shape index (κ2) is 9.39. The molecule has 29 heavy (non-hydrogen) atoms. The van der Waals surface area contributed by atoms with Crippen LogP contribution in [0.25, 0.3) is 5.65 Å². The van der Waals surface area contributed by atoms with E-state index in [4.69, 9.17) is 0 Å². The van der Waals surface area contributed by atoms with Gasteiger partial charge in [0.1, 0.15) is 11.5 Å². The molecule has 1 N–H and O–H groups in total. The van der Waals surface area contributed by atoms with Crippen molar-refractivity contribution in [3.05, 3.63) is 29.6 Å². The number of anilines is 1. The number of rotatable bonds is 8. The largest absolute Gasteiger partial charge is 0.351 e. The van der Waals surface area contributed by atoms with Crippen LogP contribution in [0, 0.1) is 12.8 Å². The van der Waals surface area contributed by atoms with Gasteiger partial charge in [0.2, 0.25) is 5.91 Å². The molecule has 2 aromatic rings. The normalized spacial score (nSPS) is 14.7. The fourth-order valence-electron chi connectivity index (χ4n) is 4.14. The second-order valence-corrected chi connectivity index (χ2v) is 7.88. The van der Waals surface area contributed by atoms with Crippen molar-refractivity contribution in [1.82, 2.24) is 19.6 Å². The van der Waals surface area contributed by atoms with Crippen LogP contribution >= 0.6 is 0 Å². The Labute approximate surface area is 173 Å². The highest BCUT2D eigenvalue weighted by molar-refractivity contribution is 5.96. The number of imidazole rings is 1. The van der Waals surface area contributed by atoms with E-state index in [0.29, 0.717) is 12.1 Å². The SMILES string of the molecule is CCC(CC)C(=O)N(C)c1c(C)nc2ccc(C(=O)NCCN3CCCC3)cn12. The molecular weight excluding hydrogens is 366 g/mol. The predicted octanol–water partition coefficient (Wildman–Crippen LogP) is 2.87. The number of amides is 2. The molecule has 3 heterocycles. The smallest absolute Gasteiger partial charge is 0.252 e. The Morgan fingerprint density at radius 3 is 2.55 bits per heavy atom. The summed E-state index contributed by atoms with van der Waals surface area (Å²) in [5.74, 6) is 0.698. The van der Waals surface area contributed by atoms with Crippen molar-refractivity contribution in [3.63, 3.8) is 0 Å². The summed E-state index contributed by atoms with van der Waals surface area (Å²) in [7, 11) is 1.79. The monoisotopic (exact) mass is 399 g/mol. The summed E-state index contributed by atoms with van der Waals surface area (Å²) in [4.78, 5) is 34.2. The van der Waals surface area contributed by atoms with Gasteiger partial charge in [-0.25, -0.2) is 4.98 Å². The average molecular weight is 400 g/mol. The minimum atomic E-state index is -0.0997. The van der Waals surface area contributed by atoms with E-state index < -0.39 is 0 Å². The lowest BCUT2D eigenvalue weighted by molar-refractivity contribution is -0.122. The van der Waals surface area contributed by atoms with Gasteiger partial charge in [0.05, 0.1) is 11.3 Å². The molecule has 7 nitrogen and oxygen atoms in total. The lowest BCUT2D eigenvalue weighted by Gasteiger charge is -2.22. The van der Waals surface area contributed by atoms with Crippen molar-refractivity contribution in [2.75, 3.05) is 38.1 Å². The number of carbonyl (C=O) groups excluding carboxylic acids is 2. The van der Waals surface area contributed by atoms with E-state index in [0.717, 1.165) is 49.6 Å². The lowest BCUT2D eigenvalue weighted by Crippen LogP contribution is -2.34. The molecule has 0 unspecified atom stereocenters. The predicted molar refractivity (Wildman–Crippen MR) is 115 cm³/mol. The third-order valence-electron chi connectivity index (χ3n) is 5.92. The molecule has 1 fully saturated rings. The van der Waals surface area contributed by atoms with E-state index in [-0.39, 0.29) is 17.7 Å². The zero-order valence-electron chi connectivity index (χ0n) is 18.1. The molecule has 158 valence electrons. The van der Waals surface area contributed by atoms with Gasteiger partial charge >= 0.3 is 0 Å². The summed E-state index contributed by atoms with van der Waals surface area (Å²) in [6.45, 7) is 9.73. The van der Waals surface area contributed by atoms with Crippen molar-refractivity contribution in [2.24, 2.45) is 5.92 Å². The number of nitrogens with one attached hydrogen (secondary N) is 1. The van der Waals surface area contributed by atoms with Crippen molar-refractivity contribution >= 4 is 23.3 Å². The third kappa shape index (κ3) is 4.61. The molecule has 1 saturated heterocycles. The minimum absolute atomic E-state index is 0.0120. The summed E-state index contributed by atoms with van der Waals surface area (Å²) in [6, 6.07) is 3.63. The van der Waals surface area contributed by atoms with E-state index in [1.165, 1.54) is 12.8 Å². The van der Waals surface area contributed by atoms with Crippen LogP contribution < -0.4 is 10.2 Å². The molecule has 2 amide bonds. The number of pyridine rings is 1. The minimum Gasteiger partial charge on any atom is -0.351 e. The van der Waals surface area contributed by atoms with Gasteiger partial charge in [0.15, 0.2) is 0 Å². The first kappa shape index (κ1) is 21.3. The van der Waals surface area contributed by atoms with Gasteiger partial charge in [-0.05, 0) is 57.8 Å². The Morgan fingerprint density at radius 2 is 1.90 bits per heavy atom. The number of likely N-dealkylation sites (tertiary alicyclic amines) is 1. The van der Waals surface area contributed by atoms with E-state index >= 15 is 0 Å². The van der Waals surface area contributed by atoms with Crippen LogP contribution in [0.5, 0.6) is 0 Å². The molecule has 0 aliphatic carbocycles. The number of aromatic nitrogens is 2. The fourth-order valence-corrected chi connectivity index (χ4v) is 4.14.